The molecule has 0 aliphatic heterocycles. The van der Waals surface area contributed by atoms with Gasteiger partial charge < -0.3 is 10.0 Å². The molecule has 1 rings (SSSR count). The van der Waals surface area contributed by atoms with Crippen molar-refractivity contribution in [1.82, 2.24) is 9.97 Å². The molecule has 1 aromatic rings. The van der Waals surface area contributed by atoms with Crippen LogP contribution < -0.4 is 4.90 Å². The van der Waals surface area contributed by atoms with Crippen LogP contribution in [0.5, 0.6) is 0 Å². The molecule has 0 spiro atoms. The average Bonchev–Trinajstić information content (AvgIpc) is 2.37. The molecule has 4 nitrogen and oxygen atoms in total. The number of hydrogen-bond acceptors (Lipinski definition) is 4. The summed E-state index contributed by atoms with van der Waals surface area (Å²) in [5, 5.41) is 8.64. The largest absolute Gasteiger partial charge is 0.433 e. The maximum Gasteiger partial charge on any atom is 0.433 e. The fourth-order valence-corrected chi connectivity index (χ4v) is 2.20. The van der Waals surface area contributed by atoms with Gasteiger partial charge in [0.05, 0.1) is 6.61 Å². The lowest BCUT2D eigenvalue weighted by Crippen LogP contribution is -2.37. The van der Waals surface area contributed by atoms with Crippen LogP contribution >= 0.6 is 11.6 Å². The Hall–Kier alpha value is -1.08. The van der Waals surface area contributed by atoms with Gasteiger partial charge in [-0.05, 0) is 24.4 Å². The summed E-state index contributed by atoms with van der Waals surface area (Å²) in [4.78, 5) is 8.68. The molecule has 0 radical (unpaired) electrons. The molecule has 0 bridgehead atoms. The van der Waals surface area contributed by atoms with Crippen molar-refractivity contribution >= 4 is 17.4 Å². The first-order valence-corrected chi connectivity index (χ1v) is 6.70. The van der Waals surface area contributed by atoms with Gasteiger partial charge in [0.25, 0.3) is 0 Å². The van der Waals surface area contributed by atoms with Crippen LogP contribution in [0.1, 0.15) is 32.4 Å². The number of aliphatic hydroxyl groups excluding tert-OH is 1. The van der Waals surface area contributed by atoms with Crippen molar-refractivity contribution < 1.29 is 18.3 Å². The van der Waals surface area contributed by atoms with Crippen molar-refractivity contribution in [2.45, 2.75) is 38.9 Å². The van der Waals surface area contributed by atoms with Crippen LogP contribution in [0.3, 0.4) is 0 Å². The van der Waals surface area contributed by atoms with Gasteiger partial charge in [-0.1, -0.05) is 13.8 Å². The van der Waals surface area contributed by atoms with Gasteiger partial charge in [-0.15, -0.1) is 0 Å². The van der Waals surface area contributed by atoms with Crippen LogP contribution in [0.4, 0.5) is 19.0 Å². The number of aliphatic hydroxyl groups is 1. The maximum atomic E-state index is 12.7. The molecule has 1 N–H and O–H groups in total. The molecule has 0 aromatic carbocycles. The van der Waals surface area contributed by atoms with Gasteiger partial charge in [-0.25, -0.2) is 9.97 Å². The van der Waals surface area contributed by atoms with Gasteiger partial charge in [-0.2, -0.15) is 13.2 Å². The van der Waals surface area contributed by atoms with E-state index < -0.39 is 17.2 Å². The minimum atomic E-state index is -4.58. The standard InChI is InChI=1S/C12H17ClF3N3O/c1-3-8(4-2)19(5-6-20)10-7-9(12(14,15)16)17-11(13)18-10/h7-8,20H,3-6H2,1-2H3. The van der Waals surface area contributed by atoms with Gasteiger partial charge in [-0.3, -0.25) is 0 Å². The highest BCUT2D eigenvalue weighted by Gasteiger charge is 2.34. The van der Waals surface area contributed by atoms with Crippen molar-refractivity contribution in [3.63, 3.8) is 0 Å². The molecule has 8 heteroatoms. The summed E-state index contributed by atoms with van der Waals surface area (Å²) in [6, 6.07) is 0.842. The van der Waals surface area contributed by atoms with Crippen LogP contribution in [0.2, 0.25) is 5.28 Å². The zero-order chi connectivity index (χ0) is 15.3. The Morgan fingerprint density at radius 2 is 1.90 bits per heavy atom. The fourth-order valence-electron chi connectivity index (χ4n) is 2.02. The Morgan fingerprint density at radius 1 is 1.30 bits per heavy atom. The third-order valence-electron chi connectivity index (χ3n) is 2.99. The van der Waals surface area contributed by atoms with E-state index in [0.29, 0.717) is 0 Å². The van der Waals surface area contributed by atoms with E-state index >= 15 is 0 Å². The molecule has 0 saturated heterocycles. The van der Waals surface area contributed by atoms with E-state index in [4.69, 9.17) is 16.7 Å². The first-order chi connectivity index (χ1) is 9.33. The lowest BCUT2D eigenvalue weighted by Gasteiger charge is -2.31. The molecule has 0 atom stereocenters. The van der Waals surface area contributed by atoms with Gasteiger partial charge in [0.15, 0.2) is 5.69 Å². The Kier molecular flexibility index (Phi) is 6.01. The summed E-state index contributed by atoms with van der Waals surface area (Å²) in [7, 11) is 0. The lowest BCUT2D eigenvalue weighted by molar-refractivity contribution is -0.141. The molecule has 0 fully saturated rings. The number of hydrogen-bond donors (Lipinski definition) is 1. The average molecular weight is 312 g/mol. The van der Waals surface area contributed by atoms with Crippen molar-refractivity contribution in [3.05, 3.63) is 17.0 Å². The third-order valence-corrected chi connectivity index (χ3v) is 3.16. The molecule has 0 unspecified atom stereocenters. The molecule has 0 aliphatic rings. The Morgan fingerprint density at radius 3 is 2.35 bits per heavy atom. The fraction of sp³-hybridized carbons (Fsp3) is 0.667. The Labute approximate surface area is 120 Å². The van der Waals surface area contributed by atoms with Gasteiger partial charge in [0, 0.05) is 18.7 Å². The van der Waals surface area contributed by atoms with Crippen LogP contribution in [0.25, 0.3) is 0 Å². The Balaban J connectivity index is 3.22. The molecule has 0 saturated carbocycles. The molecular formula is C12H17ClF3N3O. The zero-order valence-corrected chi connectivity index (χ0v) is 12.0. The van der Waals surface area contributed by atoms with Crippen LogP contribution in [-0.2, 0) is 6.18 Å². The summed E-state index contributed by atoms with van der Waals surface area (Å²) in [5.74, 6) is 0.0834. The first kappa shape index (κ1) is 17.0. The highest BCUT2D eigenvalue weighted by Crippen LogP contribution is 2.31. The highest BCUT2D eigenvalue weighted by atomic mass is 35.5. The smallest absolute Gasteiger partial charge is 0.395 e. The third kappa shape index (κ3) is 4.21. The van der Waals surface area contributed by atoms with Crippen LogP contribution in [0.15, 0.2) is 6.07 Å². The quantitative estimate of drug-likeness (QED) is 0.820. The van der Waals surface area contributed by atoms with E-state index in [9.17, 15) is 13.2 Å². The number of nitrogens with zero attached hydrogens (tertiary/aromatic N) is 3. The highest BCUT2D eigenvalue weighted by molar-refractivity contribution is 6.28. The summed E-state index contributed by atoms with van der Waals surface area (Å²) in [6.07, 6.45) is -3.14. The molecule has 0 amide bonds. The van der Waals surface area contributed by atoms with E-state index in [0.717, 1.165) is 18.9 Å². The van der Waals surface area contributed by atoms with E-state index in [-0.39, 0.29) is 25.0 Å². The van der Waals surface area contributed by atoms with Crippen LogP contribution in [-0.4, -0.2) is 34.3 Å². The number of aromatic nitrogens is 2. The van der Waals surface area contributed by atoms with Crippen molar-refractivity contribution in [2.75, 3.05) is 18.1 Å². The van der Waals surface area contributed by atoms with E-state index in [1.807, 2.05) is 13.8 Å². The second-order valence-corrected chi connectivity index (χ2v) is 4.60. The van der Waals surface area contributed by atoms with Crippen molar-refractivity contribution in [3.8, 4) is 0 Å². The van der Waals surface area contributed by atoms with Gasteiger partial charge in [0.1, 0.15) is 5.82 Å². The van der Waals surface area contributed by atoms with Gasteiger partial charge in [0.2, 0.25) is 5.28 Å². The lowest BCUT2D eigenvalue weighted by atomic mass is 10.1. The number of anilines is 1. The second kappa shape index (κ2) is 7.08. The molecule has 114 valence electrons. The number of rotatable bonds is 6. The van der Waals surface area contributed by atoms with E-state index in [1.54, 1.807) is 4.90 Å². The molecular weight excluding hydrogens is 295 g/mol. The van der Waals surface area contributed by atoms with E-state index in [1.165, 1.54) is 0 Å². The van der Waals surface area contributed by atoms with Crippen molar-refractivity contribution in [1.29, 1.82) is 0 Å². The summed E-state index contributed by atoms with van der Waals surface area (Å²) >= 11 is 5.58. The predicted octanol–water partition coefficient (Wildman–Crippen LogP) is 3.14. The number of halogens is 4. The molecule has 1 aromatic heterocycles. The monoisotopic (exact) mass is 311 g/mol. The molecule has 1 heterocycles. The van der Waals surface area contributed by atoms with Crippen LogP contribution in [0, 0.1) is 0 Å². The summed E-state index contributed by atoms with van der Waals surface area (Å²) in [6.45, 7) is 3.86. The minimum Gasteiger partial charge on any atom is -0.395 e. The normalized spacial score (nSPS) is 12.0. The summed E-state index contributed by atoms with van der Waals surface area (Å²) < 4.78 is 38.2. The number of alkyl halides is 3. The Bertz CT molecular complexity index is 438. The predicted molar refractivity (Wildman–Crippen MR) is 70.8 cm³/mol. The van der Waals surface area contributed by atoms with E-state index in [2.05, 4.69) is 9.97 Å². The second-order valence-electron chi connectivity index (χ2n) is 4.27. The maximum absolute atomic E-state index is 12.7. The SMILES string of the molecule is CCC(CC)N(CCO)c1cc(C(F)(F)F)nc(Cl)n1. The molecule has 20 heavy (non-hydrogen) atoms. The zero-order valence-electron chi connectivity index (χ0n) is 11.3. The minimum absolute atomic E-state index is 0.0193. The van der Waals surface area contributed by atoms with Gasteiger partial charge >= 0.3 is 6.18 Å². The first-order valence-electron chi connectivity index (χ1n) is 6.32. The molecule has 0 aliphatic carbocycles. The topological polar surface area (TPSA) is 49.2 Å². The van der Waals surface area contributed by atoms with Crippen molar-refractivity contribution in [2.24, 2.45) is 0 Å². The summed E-state index contributed by atoms with van der Waals surface area (Å²) in [5.41, 5.74) is -1.08.